The van der Waals surface area contributed by atoms with Crippen LogP contribution in [0.3, 0.4) is 0 Å². The fourth-order valence-electron chi connectivity index (χ4n) is 2.51. The van der Waals surface area contributed by atoms with E-state index in [-0.39, 0.29) is 23.7 Å². The Kier molecular flexibility index (Phi) is 4.68. The van der Waals surface area contributed by atoms with E-state index in [0.717, 1.165) is 12.8 Å². The van der Waals surface area contributed by atoms with Crippen LogP contribution in [-0.4, -0.2) is 28.3 Å². The van der Waals surface area contributed by atoms with Gasteiger partial charge in [0.25, 0.3) is 0 Å². The van der Waals surface area contributed by atoms with Crippen LogP contribution in [0, 0.1) is 0 Å². The lowest BCUT2D eigenvalue weighted by Gasteiger charge is -2.32. The van der Waals surface area contributed by atoms with Gasteiger partial charge >= 0.3 is 0 Å². The van der Waals surface area contributed by atoms with E-state index < -0.39 is 0 Å². The number of hydrogen-bond acceptors (Lipinski definition) is 6. The predicted octanol–water partition coefficient (Wildman–Crippen LogP) is 2.39. The molecule has 2 heterocycles. The summed E-state index contributed by atoms with van der Waals surface area (Å²) in [7, 11) is 0. The van der Waals surface area contributed by atoms with Crippen LogP contribution < -0.4 is 16.0 Å². The Morgan fingerprint density at radius 3 is 2.38 bits per heavy atom. The second-order valence-corrected chi connectivity index (χ2v) is 6.78. The largest absolute Gasteiger partial charge is 0.474 e. The smallest absolute Gasteiger partial charge is 0.219 e. The van der Waals surface area contributed by atoms with Gasteiger partial charge in [0.2, 0.25) is 5.88 Å². The number of anilines is 1. The molecule has 118 valence electrons. The number of nitrogens with zero attached hydrogens (tertiary/aromatic N) is 2. The van der Waals surface area contributed by atoms with Gasteiger partial charge in [-0.15, -0.1) is 0 Å². The predicted molar refractivity (Wildman–Crippen MR) is 82.2 cm³/mol. The third kappa shape index (κ3) is 4.28. The van der Waals surface area contributed by atoms with Crippen LogP contribution in [0.25, 0.3) is 0 Å². The van der Waals surface area contributed by atoms with Crippen molar-refractivity contribution in [3.8, 4) is 5.88 Å². The van der Waals surface area contributed by atoms with Crippen LogP contribution >= 0.6 is 0 Å². The summed E-state index contributed by atoms with van der Waals surface area (Å²) in [4.78, 5) is 8.92. The zero-order valence-electron chi connectivity index (χ0n) is 13.5. The minimum absolute atomic E-state index is 0.108. The standard InChI is InChI=1S/C15H26N4O2/c1-9-6-11(7-10(2)20-9)21-13-8-12(19-16)17-14(18-13)15(3,4)5/h8-11H,6-7,16H2,1-5H3,(H,17,18,19). The summed E-state index contributed by atoms with van der Waals surface area (Å²) in [6.07, 6.45) is 2.25. The molecule has 2 unspecified atom stereocenters. The third-order valence-electron chi connectivity index (χ3n) is 3.46. The molecule has 0 aliphatic carbocycles. The van der Waals surface area contributed by atoms with E-state index in [9.17, 15) is 0 Å². The van der Waals surface area contributed by atoms with Crippen molar-refractivity contribution in [2.45, 2.75) is 71.2 Å². The molecule has 2 rings (SSSR count). The Balaban J connectivity index is 2.19. The highest BCUT2D eigenvalue weighted by Gasteiger charge is 2.27. The Morgan fingerprint density at radius 2 is 1.86 bits per heavy atom. The van der Waals surface area contributed by atoms with Crippen molar-refractivity contribution in [1.29, 1.82) is 0 Å². The van der Waals surface area contributed by atoms with E-state index in [1.54, 1.807) is 6.07 Å². The van der Waals surface area contributed by atoms with Crippen LogP contribution in [0.2, 0.25) is 0 Å². The topological polar surface area (TPSA) is 82.3 Å². The van der Waals surface area contributed by atoms with E-state index in [4.69, 9.17) is 15.3 Å². The number of nitrogens with one attached hydrogen (secondary N) is 1. The van der Waals surface area contributed by atoms with Crippen LogP contribution in [0.1, 0.15) is 53.3 Å². The fourth-order valence-corrected chi connectivity index (χ4v) is 2.51. The number of rotatable bonds is 3. The van der Waals surface area contributed by atoms with Gasteiger partial charge in [-0.3, -0.25) is 0 Å². The van der Waals surface area contributed by atoms with Crippen LogP contribution in [-0.2, 0) is 10.2 Å². The lowest BCUT2D eigenvalue weighted by molar-refractivity contribution is -0.0730. The molecule has 1 aliphatic rings. The Bertz CT molecular complexity index is 477. The average molecular weight is 294 g/mol. The van der Waals surface area contributed by atoms with Crippen LogP contribution in [0.15, 0.2) is 6.07 Å². The summed E-state index contributed by atoms with van der Waals surface area (Å²) >= 11 is 0. The maximum Gasteiger partial charge on any atom is 0.219 e. The van der Waals surface area contributed by atoms with Gasteiger partial charge in [-0.1, -0.05) is 20.8 Å². The van der Waals surface area contributed by atoms with Crippen molar-refractivity contribution < 1.29 is 9.47 Å². The summed E-state index contributed by atoms with van der Waals surface area (Å²) in [5, 5.41) is 0. The summed E-state index contributed by atoms with van der Waals surface area (Å²) in [6.45, 7) is 10.3. The highest BCUT2D eigenvalue weighted by molar-refractivity contribution is 5.38. The molecule has 1 aromatic rings. The Hall–Kier alpha value is -1.40. The van der Waals surface area contributed by atoms with Crippen molar-refractivity contribution in [2.24, 2.45) is 5.84 Å². The molecule has 1 aliphatic heterocycles. The molecule has 0 radical (unpaired) electrons. The lowest BCUT2D eigenvalue weighted by atomic mass is 9.96. The first-order valence-corrected chi connectivity index (χ1v) is 7.46. The molecule has 6 heteroatoms. The second kappa shape index (κ2) is 6.15. The summed E-state index contributed by atoms with van der Waals surface area (Å²) < 4.78 is 11.8. The summed E-state index contributed by atoms with van der Waals surface area (Å²) in [5.74, 6) is 7.33. The number of hydrogen-bond donors (Lipinski definition) is 2. The lowest BCUT2D eigenvalue weighted by Crippen LogP contribution is -2.36. The monoisotopic (exact) mass is 294 g/mol. The minimum atomic E-state index is -0.165. The first-order chi connectivity index (χ1) is 9.77. The molecule has 0 bridgehead atoms. The summed E-state index contributed by atoms with van der Waals surface area (Å²) in [6, 6.07) is 1.74. The fraction of sp³-hybridized carbons (Fsp3) is 0.733. The first-order valence-electron chi connectivity index (χ1n) is 7.46. The highest BCUT2D eigenvalue weighted by atomic mass is 16.5. The quantitative estimate of drug-likeness (QED) is 0.658. The van der Waals surface area contributed by atoms with E-state index >= 15 is 0 Å². The molecule has 0 aromatic carbocycles. The number of nitrogen functional groups attached to an aromatic ring is 1. The Morgan fingerprint density at radius 1 is 1.24 bits per heavy atom. The van der Waals surface area contributed by atoms with Crippen LogP contribution in [0.5, 0.6) is 5.88 Å². The molecular weight excluding hydrogens is 268 g/mol. The van der Waals surface area contributed by atoms with E-state index in [0.29, 0.717) is 17.5 Å². The van der Waals surface area contributed by atoms with Gasteiger partial charge < -0.3 is 14.9 Å². The average Bonchev–Trinajstić information content (AvgIpc) is 2.36. The molecule has 2 atom stereocenters. The first kappa shape index (κ1) is 16.0. The van der Waals surface area contributed by atoms with Gasteiger partial charge in [-0.05, 0) is 13.8 Å². The van der Waals surface area contributed by atoms with Gasteiger partial charge in [0.15, 0.2) is 0 Å². The molecular formula is C15H26N4O2. The van der Waals surface area contributed by atoms with Crippen molar-refractivity contribution in [3.63, 3.8) is 0 Å². The molecule has 1 aromatic heterocycles. The van der Waals surface area contributed by atoms with Crippen molar-refractivity contribution in [3.05, 3.63) is 11.9 Å². The van der Waals surface area contributed by atoms with Gasteiger partial charge in [-0.2, -0.15) is 4.98 Å². The maximum atomic E-state index is 6.05. The van der Waals surface area contributed by atoms with Gasteiger partial charge in [-0.25, -0.2) is 10.8 Å². The molecule has 21 heavy (non-hydrogen) atoms. The minimum Gasteiger partial charge on any atom is -0.474 e. The highest BCUT2D eigenvalue weighted by Crippen LogP contribution is 2.27. The molecule has 6 nitrogen and oxygen atoms in total. The number of aromatic nitrogens is 2. The third-order valence-corrected chi connectivity index (χ3v) is 3.46. The van der Waals surface area contributed by atoms with E-state index in [1.165, 1.54) is 0 Å². The van der Waals surface area contributed by atoms with E-state index in [1.807, 2.05) is 0 Å². The van der Waals surface area contributed by atoms with Crippen molar-refractivity contribution in [1.82, 2.24) is 9.97 Å². The molecule has 1 fully saturated rings. The van der Waals surface area contributed by atoms with Crippen molar-refractivity contribution >= 4 is 5.82 Å². The van der Waals surface area contributed by atoms with Crippen LogP contribution in [0.4, 0.5) is 5.82 Å². The Labute approximate surface area is 126 Å². The van der Waals surface area contributed by atoms with Gasteiger partial charge in [0, 0.05) is 24.3 Å². The molecule has 0 saturated carbocycles. The van der Waals surface area contributed by atoms with Gasteiger partial charge in [0.05, 0.1) is 12.2 Å². The van der Waals surface area contributed by atoms with E-state index in [2.05, 4.69) is 50.0 Å². The normalized spacial score (nSPS) is 26.5. The molecule has 0 spiro atoms. The van der Waals surface area contributed by atoms with Crippen molar-refractivity contribution in [2.75, 3.05) is 5.43 Å². The maximum absolute atomic E-state index is 6.05. The second-order valence-electron chi connectivity index (χ2n) is 6.78. The SMILES string of the molecule is CC1CC(Oc2cc(NN)nc(C(C)(C)C)n2)CC(C)O1. The number of ether oxygens (including phenoxy) is 2. The summed E-state index contributed by atoms with van der Waals surface area (Å²) in [5.41, 5.74) is 2.41. The molecule has 3 N–H and O–H groups in total. The van der Waals surface area contributed by atoms with Gasteiger partial charge in [0.1, 0.15) is 17.7 Å². The zero-order chi connectivity index (χ0) is 15.6. The zero-order valence-corrected chi connectivity index (χ0v) is 13.5. The molecule has 0 amide bonds. The number of nitrogens with two attached hydrogens (primary N) is 1. The number of hydrazine groups is 1. The molecule has 1 saturated heterocycles.